The summed E-state index contributed by atoms with van der Waals surface area (Å²) in [6.07, 6.45) is 13.8. The fourth-order valence-corrected chi connectivity index (χ4v) is 7.03. The van der Waals surface area contributed by atoms with Gasteiger partial charge in [0.15, 0.2) is 6.61 Å². The van der Waals surface area contributed by atoms with Gasteiger partial charge in [-0.15, -0.1) is 0 Å². The summed E-state index contributed by atoms with van der Waals surface area (Å²) < 4.78 is 17.1. The van der Waals surface area contributed by atoms with Crippen LogP contribution in [-0.2, 0) is 31.9 Å². The van der Waals surface area contributed by atoms with Crippen LogP contribution in [0.3, 0.4) is 0 Å². The van der Waals surface area contributed by atoms with E-state index < -0.39 is 5.97 Å². The molecular weight excluding hydrogens is 496 g/mol. The van der Waals surface area contributed by atoms with Gasteiger partial charge < -0.3 is 24.4 Å². The van der Waals surface area contributed by atoms with Crippen molar-refractivity contribution in [2.24, 2.45) is 23.7 Å². The van der Waals surface area contributed by atoms with Crippen LogP contribution in [0.2, 0.25) is 0 Å². The van der Waals surface area contributed by atoms with Crippen LogP contribution in [0.25, 0.3) is 0 Å². The van der Waals surface area contributed by atoms with Gasteiger partial charge in [0.05, 0.1) is 18.6 Å². The molecule has 39 heavy (non-hydrogen) atoms. The molecule has 1 aliphatic heterocycles. The molecule has 1 saturated heterocycles. The van der Waals surface area contributed by atoms with Crippen LogP contribution in [0.4, 0.5) is 0 Å². The number of carboxylic acid groups (broad SMARTS) is 1. The molecule has 218 valence electrons. The molecule has 3 aliphatic rings. The van der Waals surface area contributed by atoms with Crippen LogP contribution in [0.5, 0.6) is 5.75 Å². The van der Waals surface area contributed by atoms with Gasteiger partial charge >= 0.3 is 11.9 Å². The zero-order chi connectivity index (χ0) is 27.6. The highest BCUT2D eigenvalue weighted by molar-refractivity contribution is 5.73. The highest BCUT2D eigenvalue weighted by Gasteiger charge is 2.45. The molecule has 2 N–H and O–H groups in total. The molecule has 4 rings (SSSR count). The van der Waals surface area contributed by atoms with Gasteiger partial charge in [0.1, 0.15) is 11.9 Å². The zero-order valence-electron chi connectivity index (χ0n) is 23.7. The van der Waals surface area contributed by atoms with E-state index in [-0.39, 0.29) is 36.6 Å². The quantitative estimate of drug-likeness (QED) is 0.202. The number of aliphatic carboxylic acids is 1. The van der Waals surface area contributed by atoms with Crippen molar-refractivity contribution in [1.29, 1.82) is 0 Å². The first kappa shape index (κ1) is 29.9. The van der Waals surface area contributed by atoms with E-state index in [9.17, 15) is 14.7 Å². The van der Waals surface area contributed by atoms with Gasteiger partial charge in [0, 0.05) is 6.61 Å². The monoisotopic (exact) mass is 544 g/mol. The molecule has 7 heteroatoms. The van der Waals surface area contributed by atoms with Gasteiger partial charge in [-0.25, -0.2) is 4.79 Å². The minimum Gasteiger partial charge on any atom is -0.482 e. The molecule has 0 radical (unpaired) electrons. The predicted molar refractivity (Wildman–Crippen MR) is 149 cm³/mol. The van der Waals surface area contributed by atoms with Crippen LogP contribution >= 0.6 is 0 Å². The number of aliphatic hydroxyl groups is 1. The highest BCUT2D eigenvalue weighted by atomic mass is 16.5. The first-order valence-electron chi connectivity index (χ1n) is 15.4. The maximum Gasteiger partial charge on any atom is 0.341 e. The second kappa shape index (κ2) is 15.0. The van der Waals surface area contributed by atoms with Crippen molar-refractivity contribution in [2.45, 2.75) is 109 Å². The van der Waals surface area contributed by atoms with E-state index >= 15 is 0 Å². The summed E-state index contributed by atoms with van der Waals surface area (Å²) in [6, 6.07) is 5.89. The van der Waals surface area contributed by atoms with E-state index in [0.717, 1.165) is 56.9 Å². The number of carbonyl (C=O) groups excluding carboxylic acids is 1. The van der Waals surface area contributed by atoms with Crippen molar-refractivity contribution in [3.8, 4) is 5.75 Å². The molecule has 0 spiro atoms. The minimum atomic E-state index is -0.982. The molecule has 1 heterocycles. The van der Waals surface area contributed by atoms with Gasteiger partial charge in [-0.1, -0.05) is 57.6 Å². The number of ether oxygens (including phenoxy) is 3. The third-order valence-corrected chi connectivity index (χ3v) is 9.19. The predicted octanol–water partition coefficient (Wildman–Crippen LogP) is 5.73. The third-order valence-electron chi connectivity index (χ3n) is 9.19. The van der Waals surface area contributed by atoms with Crippen LogP contribution in [0, 0.1) is 23.7 Å². The highest BCUT2D eigenvalue weighted by Crippen LogP contribution is 2.48. The SMILES string of the molecule is CCCCCCCCC[C@@H](CC[C@@H]1[C@H]2Cc3cccc(OCC(=O)O)c3C[C@H]2C[C@H]1O)OC(=O)C1CCOC1. The van der Waals surface area contributed by atoms with E-state index in [0.29, 0.717) is 30.8 Å². The Labute approximate surface area is 233 Å². The molecule has 0 amide bonds. The normalized spacial score (nSPS) is 26.6. The number of hydrogen-bond donors (Lipinski definition) is 2. The van der Waals surface area contributed by atoms with E-state index in [2.05, 4.69) is 13.0 Å². The molecule has 0 aromatic heterocycles. The summed E-state index contributed by atoms with van der Waals surface area (Å²) in [5.74, 6) is 0.318. The number of hydrogen-bond acceptors (Lipinski definition) is 6. The number of fused-ring (bicyclic) bond motifs is 2. The number of esters is 1. The van der Waals surface area contributed by atoms with E-state index in [1.807, 2.05) is 12.1 Å². The lowest BCUT2D eigenvalue weighted by Gasteiger charge is -2.33. The van der Waals surface area contributed by atoms with E-state index in [1.165, 1.54) is 44.1 Å². The molecule has 0 bridgehead atoms. The number of unbranched alkanes of at least 4 members (excludes halogenated alkanes) is 6. The van der Waals surface area contributed by atoms with E-state index in [4.69, 9.17) is 19.3 Å². The van der Waals surface area contributed by atoms with Gasteiger partial charge in [0.25, 0.3) is 0 Å². The van der Waals surface area contributed by atoms with Crippen LogP contribution in [0.15, 0.2) is 18.2 Å². The lowest BCUT2D eigenvalue weighted by molar-refractivity contribution is -0.155. The van der Waals surface area contributed by atoms with Crippen molar-refractivity contribution in [2.75, 3.05) is 19.8 Å². The lowest BCUT2D eigenvalue weighted by atomic mass is 9.73. The van der Waals surface area contributed by atoms with Crippen LogP contribution in [0.1, 0.15) is 95.1 Å². The molecule has 7 nitrogen and oxygen atoms in total. The second-order valence-corrected chi connectivity index (χ2v) is 12.0. The number of benzene rings is 1. The fraction of sp³-hybridized carbons (Fsp3) is 0.750. The smallest absolute Gasteiger partial charge is 0.341 e. The first-order valence-corrected chi connectivity index (χ1v) is 15.4. The summed E-state index contributed by atoms with van der Waals surface area (Å²) >= 11 is 0. The summed E-state index contributed by atoms with van der Waals surface area (Å²) in [4.78, 5) is 23.8. The van der Waals surface area contributed by atoms with Gasteiger partial charge in [0.2, 0.25) is 0 Å². The van der Waals surface area contributed by atoms with Crippen molar-refractivity contribution in [3.05, 3.63) is 29.3 Å². The Balaban J connectivity index is 1.34. The van der Waals surface area contributed by atoms with Crippen molar-refractivity contribution >= 4 is 11.9 Å². The minimum absolute atomic E-state index is 0.105. The zero-order valence-corrected chi connectivity index (χ0v) is 23.7. The molecular formula is C32H48O7. The Bertz CT molecular complexity index is 925. The Morgan fingerprint density at radius 3 is 2.62 bits per heavy atom. The average Bonchev–Trinajstić information content (AvgIpc) is 3.56. The summed E-state index contributed by atoms with van der Waals surface area (Å²) in [5.41, 5.74) is 2.29. The Morgan fingerprint density at radius 2 is 1.87 bits per heavy atom. The fourth-order valence-electron chi connectivity index (χ4n) is 7.03. The van der Waals surface area contributed by atoms with Crippen LogP contribution in [-0.4, -0.2) is 54.2 Å². The molecule has 1 aromatic rings. The molecule has 2 fully saturated rings. The molecule has 1 aromatic carbocycles. The van der Waals surface area contributed by atoms with Gasteiger partial charge in [-0.3, -0.25) is 4.79 Å². The average molecular weight is 545 g/mol. The van der Waals surface area contributed by atoms with Crippen molar-refractivity contribution in [3.63, 3.8) is 0 Å². The first-order chi connectivity index (χ1) is 19.0. The number of aliphatic hydroxyl groups excluding tert-OH is 1. The van der Waals surface area contributed by atoms with E-state index in [1.54, 1.807) is 0 Å². The molecule has 2 aliphatic carbocycles. The second-order valence-electron chi connectivity index (χ2n) is 12.0. The maximum absolute atomic E-state index is 12.8. The number of carbonyl (C=O) groups is 2. The van der Waals surface area contributed by atoms with Gasteiger partial charge in [-0.2, -0.15) is 0 Å². The standard InChI is InChI=1S/C32H48O7/c1-2-3-4-5-6-7-8-11-25(39-32(36)23-15-16-37-20-23)13-14-26-27-17-22-10-9-12-30(38-21-31(34)35)28(22)18-24(27)19-29(26)33/h9-10,12,23-27,29,33H,2-8,11,13-21H2,1H3,(H,34,35)/t23?,24-,25-,26+,27-,29+/m0/s1. The molecule has 6 atom stereocenters. The molecule has 1 saturated carbocycles. The third kappa shape index (κ3) is 8.43. The Kier molecular flexibility index (Phi) is 11.5. The van der Waals surface area contributed by atoms with Crippen molar-refractivity contribution in [1.82, 2.24) is 0 Å². The Morgan fingerprint density at radius 1 is 1.08 bits per heavy atom. The lowest BCUT2D eigenvalue weighted by Crippen LogP contribution is -2.29. The number of carboxylic acids is 1. The largest absolute Gasteiger partial charge is 0.482 e. The summed E-state index contributed by atoms with van der Waals surface area (Å²) in [7, 11) is 0. The van der Waals surface area contributed by atoms with Crippen LogP contribution < -0.4 is 4.74 Å². The van der Waals surface area contributed by atoms with Gasteiger partial charge in [-0.05, 0) is 86.3 Å². The Hall–Kier alpha value is -2.12. The van der Waals surface area contributed by atoms with Crippen molar-refractivity contribution < 1.29 is 34.0 Å². The molecule has 1 unspecified atom stereocenters. The summed E-state index contributed by atoms with van der Waals surface area (Å²) in [5, 5.41) is 20.1. The topological polar surface area (TPSA) is 102 Å². The number of rotatable bonds is 16. The maximum atomic E-state index is 12.8. The summed E-state index contributed by atoms with van der Waals surface area (Å²) in [6.45, 7) is 2.98.